The molecular formula is C13H19F2NO2S. The molecule has 0 aliphatic carbocycles. The number of halogens is 2. The molecule has 1 aromatic rings. The van der Waals surface area contributed by atoms with Gasteiger partial charge in [-0.2, -0.15) is 0 Å². The van der Waals surface area contributed by atoms with E-state index >= 15 is 0 Å². The lowest BCUT2D eigenvalue weighted by atomic mass is 9.88. The van der Waals surface area contributed by atoms with Crippen LogP contribution in [-0.2, 0) is 10.0 Å². The Morgan fingerprint density at radius 1 is 1.11 bits per heavy atom. The SMILES string of the molecule is Cc1ccc(S(=O)(=O)NCC(F)(F)C(C)(C)C)cc1. The lowest BCUT2D eigenvalue weighted by molar-refractivity contribution is -0.0897. The molecule has 6 heteroatoms. The van der Waals surface area contributed by atoms with Crippen molar-refractivity contribution >= 4 is 10.0 Å². The van der Waals surface area contributed by atoms with Gasteiger partial charge in [-0.15, -0.1) is 0 Å². The van der Waals surface area contributed by atoms with E-state index in [1.54, 1.807) is 12.1 Å². The van der Waals surface area contributed by atoms with E-state index in [1.165, 1.54) is 32.9 Å². The lowest BCUT2D eigenvalue weighted by Gasteiger charge is -2.30. The zero-order chi connectivity index (χ0) is 14.9. The number of nitrogens with one attached hydrogen (secondary N) is 1. The highest BCUT2D eigenvalue weighted by molar-refractivity contribution is 7.89. The number of hydrogen-bond donors (Lipinski definition) is 1. The average molecular weight is 291 g/mol. The summed E-state index contributed by atoms with van der Waals surface area (Å²) in [4.78, 5) is -0.0113. The molecule has 0 amide bonds. The summed E-state index contributed by atoms with van der Waals surface area (Å²) in [5.41, 5.74) is -0.401. The van der Waals surface area contributed by atoms with Crippen LogP contribution in [0.1, 0.15) is 26.3 Å². The highest BCUT2D eigenvalue weighted by Crippen LogP contribution is 2.35. The normalized spacial score (nSPS) is 13.6. The van der Waals surface area contributed by atoms with Crippen LogP contribution in [-0.4, -0.2) is 20.9 Å². The molecule has 1 rings (SSSR count). The maximum Gasteiger partial charge on any atom is 0.266 e. The molecule has 3 nitrogen and oxygen atoms in total. The van der Waals surface area contributed by atoms with Crippen LogP contribution < -0.4 is 4.72 Å². The van der Waals surface area contributed by atoms with E-state index in [2.05, 4.69) is 0 Å². The minimum absolute atomic E-state index is 0.0113. The Morgan fingerprint density at radius 3 is 2.00 bits per heavy atom. The standard InChI is InChI=1S/C13H19F2NO2S/c1-10-5-7-11(8-6-10)19(17,18)16-9-13(14,15)12(2,3)4/h5-8,16H,9H2,1-4H3. The summed E-state index contributed by atoms with van der Waals surface area (Å²) < 4.78 is 53.1. The van der Waals surface area contributed by atoms with Crippen molar-refractivity contribution < 1.29 is 17.2 Å². The fourth-order valence-electron chi connectivity index (χ4n) is 1.25. The van der Waals surface area contributed by atoms with Crippen LogP contribution in [0.5, 0.6) is 0 Å². The third kappa shape index (κ3) is 3.98. The smallest absolute Gasteiger partial charge is 0.207 e. The van der Waals surface area contributed by atoms with Crippen molar-refractivity contribution in [2.45, 2.75) is 38.5 Å². The second kappa shape index (κ2) is 5.17. The van der Waals surface area contributed by atoms with Crippen LogP contribution in [0.2, 0.25) is 0 Å². The lowest BCUT2D eigenvalue weighted by Crippen LogP contribution is -2.45. The second-order valence-corrected chi connectivity index (χ2v) is 7.36. The molecule has 0 aromatic heterocycles. The predicted octanol–water partition coefficient (Wildman–Crippen LogP) is 2.95. The molecular weight excluding hydrogens is 272 g/mol. The minimum Gasteiger partial charge on any atom is -0.207 e. The molecule has 0 bridgehead atoms. The minimum atomic E-state index is -3.90. The monoisotopic (exact) mass is 291 g/mol. The summed E-state index contributed by atoms with van der Waals surface area (Å²) in [6.07, 6.45) is 0. The predicted molar refractivity (Wildman–Crippen MR) is 70.8 cm³/mol. The van der Waals surface area contributed by atoms with Crippen molar-refractivity contribution in [3.05, 3.63) is 29.8 Å². The highest BCUT2D eigenvalue weighted by Gasteiger charge is 2.43. The number of sulfonamides is 1. The number of alkyl halides is 2. The Hall–Kier alpha value is -1.01. The first kappa shape index (κ1) is 16.0. The molecule has 0 unspecified atom stereocenters. The van der Waals surface area contributed by atoms with Crippen LogP contribution >= 0.6 is 0 Å². The summed E-state index contributed by atoms with van der Waals surface area (Å²) in [5.74, 6) is -3.12. The Labute approximate surface area is 113 Å². The molecule has 0 spiro atoms. The number of aryl methyl sites for hydroxylation is 1. The fourth-order valence-corrected chi connectivity index (χ4v) is 2.28. The third-order valence-electron chi connectivity index (χ3n) is 2.91. The number of benzene rings is 1. The van der Waals surface area contributed by atoms with E-state index in [4.69, 9.17) is 0 Å². The molecule has 1 aromatic carbocycles. The topological polar surface area (TPSA) is 46.2 Å². The number of rotatable bonds is 4. The zero-order valence-corrected chi connectivity index (χ0v) is 12.3. The van der Waals surface area contributed by atoms with Crippen molar-refractivity contribution in [3.63, 3.8) is 0 Å². The van der Waals surface area contributed by atoms with Gasteiger partial charge in [-0.1, -0.05) is 38.5 Å². The van der Waals surface area contributed by atoms with Crippen molar-refractivity contribution in [2.75, 3.05) is 6.54 Å². The van der Waals surface area contributed by atoms with Crippen molar-refractivity contribution in [1.82, 2.24) is 4.72 Å². The first-order valence-electron chi connectivity index (χ1n) is 5.90. The Balaban J connectivity index is 2.85. The average Bonchev–Trinajstić information content (AvgIpc) is 2.26. The molecule has 0 heterocycles. The molecule has 1 N–H and O–H groups in total. The maximum atomic E-state index is 13.7. The van der Waals surface area contributed by atoms with Crippen LogP contribution in [0.4, 0.5) is 8.78 Å². The van der Waals surface area contributed by atoms with Crippen LogP contribution in [0.3, 0.4) is 0 Å². The van der Waals surface area contributed by atoms with Gasteiger partial charge in [-0.3, -0.25) is 0 Å². The Kier molecular flexibility index (Phi) is 4.37. The van der Waals surface area contributed by atoms with Crippen LogP contribution in [0, 0.1) is 12.3 Å². The van der Waals surface area contributed by atoms with Crippen molar-refractivity contribution in [3.8, 4) is 0 Å². The summed E-state index contributed by atoms with van der Waals surface area (Å²) >= 11 is 0. The van der Waals surface area contributed by atoms with Gasteiger partial charge in [0.05, 0.1) is 11.4 Å². The summed E-state index contributed by atoms with van der Waals surface area (Å²) in [6.45, 7) is 5.01. The first-order chi connectivity index (χ1) is 8.46. The van der Waals surface area contributed by atoms with Gasteiger partial charge in [0.2, 0.25) is 10.0 Å². The summed E-state index contributed by atoms with van der Waals surface area (Å²) in [7, 11) is -3.90. The Morgan fingerprint density at radius 2 is 1.58 bits per heavy atom. The van der Waals surface area contributed by atoms with E-state index < -0.39 is 27.9 Å². The molecule has 0 saturated heterocycles. The van der Waals surface area contributed by atoms with E-state index in [0.717, 1.165) is 5.56 Å². The van der Waals surface area contributed by atoms with Gasteiger partial charge in [0.15, 0.2) is 0 Å². The maximum absolute atomic E-state index is 13.7. The van der Waals surface area contributed by atoms with Gasteiger partial charge >= 0.3 is 0 Å². The summed E-state index contributed by atoms with van der Waals surface area (Å²) in [6, 6.07) is 6.03. The van der Waals surface area contributed by atoms with Crippen molar-refractivity contribution in [1.29, 1.82) is 0 Å². The van der Waals surface area contributed by atoms with Gasteiger partial charge in [0.25, 0.3) is 5.92 Å². The summed E-state index contributed by atoms with van der Waals surface area (Å²) in [5, 5.41) is 0. The fraction of sp³-hybridized carbons (Fsp3) is 0.538. The molecule has 0 aliphatic heterocycles. The van der Waals surface area contributed by atoms with E-state index in [0.29, 0.717) is 0 Å². The van der Waals surface area contributed by atoms with Gasteiger partial charge in [-0.25, -0.2) is 21.9 Å². The first-order valence-corrected chi connectivity index (χ1v) is 7.38. The van der Waals surface area contributed by atoms with Gasteiger partial charge in [-0.05, 0) is 19.1 Å². The molecule has 0 aliphatic rings. The molecule has 0 atom stereocenters. The molecule has 108 valence electrons. The van der Waals surface area contributed by atoms with Gasteiger partial charge < -0.3 is 0 Å². The quantitative estimate of drug-likeness (QED) is 0.927. The largest absolute Gasteiger partial charge is 0.266 e. The van der Waals surface area contributed by atoms with Gasteiger partial charge in [0.1, 0.15) is 0 Å². The van der Waals surface area contributed by atoms with Crippen molar-refractivity contribution in [2.24, 2.45) is 5.41 Å². The Bertz CT molecular complexity index is 531. The van der Waals surface area contributed by atoms with E-state index in [-0.39, 0.29) is 4.90 Å². The second-order valence-electron chi connectivity index (χ2n) is 5.59. The third-order valence-corrected chi connectivity index (χ3v) is 4.33. The molecule has 0 fully saturated rings. The van der Waals surface area contributed by atoms with Crippen LogP contribution in [0.25, 0.3) is 0 Å². The van der Waals surface area contributed by atoms with Crippen LogP contribution in [0.15, 0.2) is 29.2 Å². The van der Waals surface area contributed by atoms with E-state index in [1.807, 2.05) is 11.6 Å². The highest BCUT2D eigenvalue weighted by atomic mass is 32.2. The molecule has 0 saturated carbocycles. The number of hydrogen-bond acceptors (Lipinski definition) is 2. The van der Waals surface area contributed by atoms with Gasteiger partial charge in [0, 0.05) is 5.41 Å². The van der Waals surface area contributed by atoms with E-state index in [9.17, 15) is 17.2 Å². The molecule has 0 radical (unpaired) electrons. The molecule has 19 heavy (non-hydrogen) atoms. The zero-order valence-electron chi connectivity index (χ0n) is 11.5.